The van der Waals surface area contributed by atoms with Crippen LogP contribution in [-0.2, 0) is 6.54 Å². The van der Waals surface area contributed by atoms with Crippen LogP contribution in [0.25, 0.3) is 0 Å². The zero-order chi connectivity index (χ0) is 13.8. The van der Waals surface area contributed by atoms with Crippen LogP contribution in [0, 0.1) is 17.5 Å². The number of nitrogens with one attached hydrogen (secondary N) is 1. The second-order valence-electron chi connectivity index (χ2n) is 4.28. The molecule has 5 heteroatoms. The summed E-state index contributed by atoms with van der Waals surface area (Å²) in [4.78, 5) is 3.73. The zero-order valence-corrected chi connectivity index (χ0v) is 10.3. The number of aromatic nitrogens is 1. The molecule has 0 spiro atoms. The first-order valence-corrected chi connectivity index (χ1v) is 5.84. The fraction of sp³-hybridized carbons (Fsp3) is 0.214. The molecule has 0 bridgehead atoms. The minimum absolute atomic E-state index is 0.316. The zero-order valence-electron chi connectivity index (χ0n) is 10.3. The molecule has 1 heterocycles. The Bertz CT molecular complexity index is 572. The topological polar surface area (TPSA) is 24.9 Å². The number of benzene rings is 1. The standard InChI is InChI=1S/C14H13F3N2/c1-9(13-3-2-11(15)5-14(13)17)19-7-10-4-12(16)8-18-6-10/h2-6,8-9,19H,7H2,1H3/t9-/m1/s1. The van der Waals surface area contributed by atoms with Crippen molar-refractivity contribution in [3.8, 4) is 0 Å². The van der Waals surface area contributed by atoms with Gasteiger partial charge in [-0.3, -0.25) is 4.98 Å². The van der Waals surface area contributed by atoms with Crippen molar-refractivity contribution < 1.29 is 13.2 Å². The summed E-state index contributed by atoms with van der Waals surface area (Å²) >= 11 is 0. The minimum Gasteiger partial charge on any atom is -0.306 e. The molecule has 0 unspecified atom stereocenters. The molecule has 100 valence electrons. The van der Waals surface area contributed by atoms with Crippen LogP contribution in [0.15, 0.2) is 36.7 Å². The highest BCUT2D eigenvalue weighted by Gasteiger charge is 2.11. The molecule has 0 fully saturated rings. The third kappa shape index (κ3) is 3.54. The first-order chi connectivity index (χ1) is 9.06. The highest BCUT2D eigenvalue weighted by Crippen LogP contribution is 2.18. The van der Waals surface area contributed by atoms with Gasteiger partial charge >= 0.3 is 0 Å². The maximum absolute atomic E-state index is 13.5. The van der Waals surface area contributed by atoms with E-state index >= 15 is 0 Å². The predicted molar refractivity (Wildman–Crippen MR) is 65.8 cm³/mol. The van der Waals surface area contributed by atoms with E-state index in [1.54, 1.807) is 6.92 Å². The van der Waals surface area contributed by atoms with Gasteiger partial charge in [0.2, 0.25) is 0 Å². The number of hydrogen-bond acceptors (Lipinski definition) is 2. The Labute approximate surface area is 109 Å². The molecule has 0 aliphatic carbocycles. The van der Waals surface area contributed by atoms with Crippen LogP contribution < -0.4 is 5.32 Å². The summed E-state index contributed by atoms with van der Waals surface area (Å²) in [5.74, 6) is -1.62. The summed E-state index contributed by atoms with van der Waals surface area (Å²) in [5.41, 5.74) is 1.03. The van der Waals surface area contributed by atoms with Gasteiger partial charge in [-0.1, -0.05) is 6.07 Å². The number of halogens is 3. The quantitative estimate of drug-likeness (QED) is 0.918. The monoisotopic (exact) mass is 266 g/mol. The Hall–Kier alpha value is -1.88. The third-order valence-electron chi connectivity index (χ3n) is 2.80. The van der Waals surface area contributed by atoms with Crippen molar-refractivity contribution in [2.24, 2.45) is 0 Å². The average Bonchev–Trinajstić information content (AvgIpc) is 2.36. The molecular formula is C14H13F3N2. The van der Waals surface area contributed by atoms with E-state index in [2.05, 4.69) is 10.3 Å². The third-order valence-corrected chi connectivity index (χ3v) is 2.80. The van der Waals surface area contributed by atoms with Gasteiger partial charge in [0, 0.05) is 30.4 Å². The van der Waals surface area contributed by atoms with Crippen molar-refractivity contribution >= 4 is 0 Å². The van der Waals surface area contributed by atoms with E-state index < -0.39 is 17.5 Å². The van der Waals surface area contributed by atoms with Crippen molar-refractivity contribution in [1.29, 1.82) is 0 Å². The lowest BCUT2D eigenvalue weighted by atomic mass is 10.1. The van der Waals surface area contributed by atoms with Crippen LogP contribution in [-0.4, -0.2) is 4.98 Å². The summed E-state index contributed by atoms with van der Waals surface area (Å²) < 4.78 is 39.3. The molecule has 0 radical (unpaired) electrons. The average molecular weight is 266 g/mol. The second kappa shape index (κ2) is 5.84. The first-order valence-electron chi connectivity index (χ1n) is 5.84. The summed E-state index contributed by atoms with van der Waals surface area (Å²) in [7, 11) is 0. The van der Waals surface area contributed by atoms with E-state index in [9.17, 15) is 13.2 Å². The molecule has 2 nitrogen and oxygen atoms in total. The molecule has 1 aromatic heterocycles. The Balaban J connectivity index is 2.03. The van der Waals surface area contributed by atoms with Gasteiger partial charge in [0.15, 0.2) is 0 Å². The molecule has 19 heavy (non-hydrogen) atoms. The van der Waals surface area contributed by atoms with Crippen molar-refractivity contribution in [3.63, 3.8) is 0 Å². The van der Waals surface area contributed by atoms with Crippen molar-refractivity contribution in [2.45, 2.75) is 19.5 Å². The maximum Gasteiger partial charge on any atom is 0.141 e. The summed E-state index contributed by atoms with van der Waals surface area (Å²) in [5, 5.41) is 3.03. The van der Waals surface area contributed by atoms with E-state index in [-0.39, 0.29) is 6.04 Å². The Morgan fingerprint density at radius 3 is 2.58 bits per heavy atom. The van der Waals surface area contributed by atoms with E-state index in [0.717, 1.165) is 12.3 Å². The van der Waals surface area contributed by atoms with Gasteiger partial charge in [-0.15, -0.1) is 0 Å². The van der Waals surface area contributed by atoms with E-state index in [0.29, 0.717) is 17.7 Å². The van der Waals surface area contributed by atoms with Gasteiger partial charge in [0.1, 0.15) is 17.5 Å². The Morgan fingerprint density at radius 1 is 1.11 bits per heavy atom. The van der Waals surface area contributed by atoms with Crippen molar-refractivity contribution in [2.75, 3.05) is 0 Å². The fourth-order valence-electron chi connectivity index (χ4n) is 1.79. The van der Waals surface area contributed by atoms with Crippen LogP contribution in [0.2, 0.25) is 0 Å². The lowest BCUT2D eigenvalue weighted by molar-refractivity contribution is 0.516. The van der Waals surface area contributed by atoms with Crippen LogP contribution in [0.5, 0.6) is 0 Å². The Kier molecular flexibility index (Phi) is 4.16. The van der Waals surface area contributed by atoms with E-state index in [4.69, 9.17) is 0 Å². The van der Waals surface area contributed by atoms with Gasteiger partial charge in [-0.05, 0) is 24.6 Å². The largest absolute Gasteiger partial charge is 0.306 e. The molecule has 0 aliphatic heterocycles. The van der Waals surface area contributed by atoms with Gasteiger partial charge in [-0.25, -0.2) is 13.2 Å². The highest BCUT2D eigenvalue weighted by molar-refractivity contribution is 5.22. The summed E-state index contributed by atoms with van der Waals surface area (Å²) in [6.07, 6.45) is 2.65. The molecule has 0 saturated heterocycles. The molecule has 0 amide bonds. The number of hydrogen-bond donors (Lipinski definition) is 1. The predicted octanol–water partition coefficient (Wildman–Crippen LogP) is 3.35. The number of rotatable bonds is 4. The number of pyridine rings is 1. The van der Waals surface area contributed by atoms with E-state index in [1.165, 1.54) is 24.4 Å². The SMILES string of the molecule is C[C@@H](NCc1cncc(F)c1)c1ccc(F)cc1F. The van der Waals surface area contributed by atoms with Gasteiger partial charge in [-0.2, -0.15) is 0 Å². The molecule has 2 aromatic rings. The van der Waals surface area contributed by atoms with Crippen LogP contribution >= 0.6 is 0 Å². The van der Waals surface area contributed by atoms with Crippen LogP contribution in [0.1, 0.15) is 24.1 Å². The Morgan fingerprint density at radius 2 is 1.89 bits per heavy atom. The van der Waals surface area contributed by atoms with Gasteiger partial charge in [0.25, 0.3) is 0 Å². The summed E-state index contributed by atoms with van der Waals surface area (Å²) in [6.45, 7) is 2.10. The van der Waals surface area contributed by atoms with Crippen LogP contribution in [0.3, 0.4) is 0 Å². The molecule has 0 saturated carbocycles. The molecule has 0 aliphatic rings. The van der Waals surface area contributed by atoms with Crippen molar-refractivity contribution in [1.82, 2.24) is 10.3 Å². The van der Waals surface area contributed by atoms with Crippen LogP contribution in [0.4, 0.5) is 13.2 Å². The van der Waals surface area contributed by atoms with E-state index in [1.807, 2.05) is 0 Å². The van der Waals surface area contributed by atoms with Crippen molar-refractivity contribution in [3.05, 3.63) is 65.2 Å². The smallest absolute Gasteiger partial charge is 0.141 e. The maximum atomic E-state index is 13.5. The lowest BCUT2D eigenvalue weighted by Gasteiger charge is -2.15. The minimum atomic E-state index is -0.609. The normalized spacial score (nSPS) is 12.4. The molecule has 1 atom stereocenters. The molecule has 2 rings (SSSR count). The molecular weight excluding hydrogens is 253 g/mol. The molecule has 1 N–H and O–H groups in total. The second-order valence-corrected chi connectivity index (χ2v) is 4.28. The lowest BCUT2D eigenvalue weighted by Crippen LogP contribution is -2.19. The van der Waals surface area contributed by atoms with Gasteiger partial charge < -0.3 is 5.32 Å². The highest BCUT2D eigenvalue weighted by atomic mass is 19.1. The number of nitrogens with zero attached hydrogens (tertiary/aromatic N) is 1. The molecule has 1 aromatic carbocycles. The first kappa shape index (κ1) is 13.5. The fourth-order valence-corrected chi connectivity index (χ4v) is 1.79. The van der Waals surface area contributed by atoms with Gasteiger partial charge in [0.05, 0.1) is 6.20 Å². The summed E-state index contributed by atoms with van der Waals surface area (Å²) in [6, 6.07) is 4.49.